The molecule has 0 amide bonds. The van der Waals surface area contributed by atoms with Crippen LogP contribution in [0.5, 0.6) is 0 Å². The molecule has 1 aliphatic rings. The van der Waals surface area contributed by atoms with Crippen LogP contribution >= 0.6 is 11.6 Å². The molecule has 0 N–H and O–H groups in total. The van der Waals surface area contributed by atoms with E-state index >= 15 is 0 Å². The van der Waals surface area contributed by atoms with Gasteiger partial charge < -0.3 is 0 Å². The van der Waals surface area contributed by atoms with Crippen LogP contribution < -0.4 is 0 Å². The van der Waals surface area contributed by atoms with Crippen LogP contribution in [-0.2, 0) is 0 Å². The van der Waals surface area contributed by atoms with Gasteiger partial charge in [-0.05, 0) is 24.1 Å². The van der Waals surface area contributed by atoms with Crippen molar-refractivity contribution in [1.82, 2.24) is 0 Å². The van der Waals surface area contributed by atoms with Crippen LogP contribution in [0.15, 0.2) is 40.6 Å². The second-order valence-electron chi connectivity index (χ2n) is 2.47. The number of allylic oxidation sites excluding steroid dienone is 5. The van der Waals surface area contributed by atoms with Crippen LogP contribution in [-0.4, -0.2) is 0 Å². The molecule has 0 radical (unpaired) electrons. The highest BCUT2D eigenvalue weighted by Gasteiger charge is 1.91. The quantitative estimate of drug-likeness (QED) is 0.551. The summed E-state index contributed by atoms with van der Waals surface area (Å²) in [6.07, 6.45) is 9.92. The smallest absolute Gasteiger partial charge is 0.0483 e. The van der Waals surface area contributed by atoms with E-state index in [0.29, 0.717) is 0 Å². The van der Waals surface area contributed by atoms with E-state index in [-0.39, 0.29) is 0 Å². The maximum Gasteiger partial charge on any atom is 0.0483 e. The summed E-state index contributed by atoms with van der Waals surface area (Å²) >= 11 is 5.77. The van der Waals surface area contributed by atoms with Gasteiger partial charge in [-0.2, -0.15) is 0 Å². The van der Waals surface area contributed by atoms with E-state index in [2.05, 4.69) is 18.7 Å². The van der Waals surface area contributed by atoms with Gasteiger partial charge in [0, 0.05) is 5.03 Å². The molecule has 0 unspecified atom stereocenters. The first-order valence-corrected chi connectivity index (χ1v) is 4.20. The Balaban J connectivity index is 2.77. The van der Waals surface area contributed by atoms with Gasteiger partial charge in [-0.3, -0.25) is 0 Å². The Labute approximate surface area is 72.6 Å². The maximum atomic E-state index is 5.77. The van der Waals surface area contributed by atoms with Gasteiger partial charge in [0.2, 0.25) is 0 Å². The summed E-state index contributed by atoms with van der Waals surface area (Å²) in [4.78, 5) is 0. The van der Waals surface area contributed by atoms with Gasteiger partial charge in [0.15, 0.2) is 0 Å². The van der Waals surface area contributed by atoms with E-state index in [4.69, 9.17) is 11.6 Å². The molecule has 0 aromatic heterocycles. The lowest BCUT2D eigenvalue weighted by atomic mass is 10.1. The third-order valence-corrected chi connectivity index (χ3v) is 1.70. The highest BCUT2D eigenvalue weighted by molar-refractivity contribution is 6.31. The zero-order valence-electron chi connectivity index (χ0n) is 6.60. The van der Waals surface area contributed by atoms with Crippen LogP contribution in [0.4, 0.5) is 0 Å². The molecule has 11 heavy (non-hydrogen) atoms. The second kappa shape index (κ2) is 4.23. The summed E-state index contributed by atoms with van der Waals surface area (Å²) in [5.41, 5.74) is 4.36. The number of hydrogen-bond acceptors (Lipinski definition) is 0. The Hall–Kier alpha value is -0.710. The number of halogens is 1. The van der Waals surface area contributed by atoms with Gasteiger partial charge in [-0.25, -0.2) is 0 Å². The van der Waals surface area contributed by atoms with Crippen molar-refractivity contribution in [3.05, 3.63) is 40.6 Å². The number of hydrogen-bond donors (Lipinski definition) is 0. The first-order valence-electron chi connectivity index (χ1n) is 3.82. The zero-order chi connectivity index (χ0) is 8.10. The summed E-state index contributed by atoms with van der Waals surface area (Å²) in [5, 5.41) is 0.743. The molecule has 0 fully saturated rings. The van der Waals surface area contributed by atoms with E-state index in [1.165, 1.54) is 5.57 Å². The van der Waals surface area contributed by atoms with Crippen LogP contribution in [0.25, 0.3) is 0 Å². The van der Waals surface area contributed by atoms with Crippen LogP contribution in [0.1, 0.15) is 19.8 Å². The van der Waals surface area contributed by atoms with Crippen molar-refractivity contribution >= 4 is 11.6 Å². The molecular weight excluding hydrogens is 156 g/mol. The molecule has 58 valence electrons. The fraction of sp³-hybridized carbons (Fsp3) is 0.300. The van der Waals surface area contributed by atoms with Crippen molar-refractivity contribution in [2.24, 2.45) is 0 Å². The molecule has 1 aliphatic carbocycles. The molecule has 0 saturated carbocycles. The summed E-state index contributed by atoms with van der Waals surface area (Å²) in [6.45, 7) is 2.16. The lowest BCUT2D eigenvalue weighted by Gasteiger charge is -1.90. The zero-order valence-corrected chi connectivity index (χ0v) is 7.36. The Morgan fingerprint density at radius 2 is 2.36 bits per heavy atom. The van der Waals surface area contributed by atoms with Gasteiger partial charge in [0.05, 0.1) is 0 Å². The molecule has 0 heterocycles. The summed E-state index contributed by atoms with van der Waals surface area (Å²) in [5.74, 6) is 0. The maximum absolute atomic E-state index is 5.77. The normalized spacial score (nSPS) is 15.8. The fourth-order valence-corrected chi connectivity index (χ4v) is 1.07. The number of rotatable bonds is 2. The minimum absolute atomic E-state index is 0.743. The molecule has 0 aromatic rings. The first kappa shape index (κ1) is 8.39. The predicted molar refractivity (Wildman–Crippen MR) is 49.6 cm³/mol. The molecule has 0 nitrogen and oxygen atoms in total. The van der Waals surface area contributed by atoms with Crippen molar-refractivity contribution < 1.29 is 0 Å². The fourth-order valence-electron chi connectivity index (χ4n) is 0.939. The Morgan fingerprint density at radius 3 is 3.09 bits per heavy atom. The highest BCUT2D eigenvalue weighted by Crippen LogP contribution is 2.11. The van der Waals surface area contributed by atoms with Gasteiger partial charge in [-0.15, -0.1) is 5.73 Å². The Kier molecular flexibility index (Phi) is 3.22. The largest absolute Gasteiger partial charge is 0.116 e. The van der Waals surface area contributed by atoms with Gasteiger partial charge in [0.1, 0.15) is 0 Å². The molecule has 1 rings (SSSR count). The minimum Gasteiger partial charge on any atom is -0.116 e. The molecule has 0 aliphatic heterocycles. The predicted octanol–water partition coefficient (Wildman–Crippen LogP) is 3.56. The van der Waals surface area contributed by atoms with Crippen molar-refractivity contribution in [2.75, 3.05) is 0 Å². The topological polar surface area (TPSA) is 0 Å². The average molecular weight is 167 g/mol. The van der Waals surface area contributed by atoms with E-state index in [1.807, 2.05) is 18.2 Å². The third-order valence-electron chi connectivity index (χ3n) is 1.47. The lowest BCUT2D eigenvalue weighted by molar-refractivity contribution is 0.928. The third kappa shape index (κ3) is 2.80. The minimum atomic E-state index is 0.743. The van der Waals surface area contributed by atoms with E-state index in [0.717, 1.165) is 17.9 Å². The summed E-state index contributed by atoms with van der Waals surface area (Å²) in [6, 6.07) is 0. The van der Waals surface area contributed by atoms with E-state index in [1.54, 1.807) is 0 Å². The second-order valence-corrected chi connectivity index (χ2v) is 2.91. The average Bonchev–Trinajstić information content (AvgIpc) is 2.17. The van der Waals surface area contributed by atoms with Crippen LogP contribution in [0.3, 0.4) is 0 Å². The van der Waals surface area contributed by atoms with Crippen LogP contribution in [0.2, 0.25) is 0 Å². The van der Waals surface area contributed by atoms with E-state index in [9.17, 15) is 0 Å². The van der Waals surface area contributed by atoms with Crippen molar-refractivity contribution in [1.29, 1.82) is 0 Å². The first-order chi connectivity index (χ1) is 5.33. The standard InChI is InChI=1S/C10H11Cl/c1-2-4-9-5-3-6-10(11)8-7-9/h3,5-6,8H,2,4H2,1H3. The van der Waals surface area contributed by atoms with Crippen molar-refractivity contribution in [3.63, 3.8) is 0 Å². The molecular formula is C10H11Cl. The molecule has 0 atom stereocenters. The summed E-state index contributed by atoms with van der Waals surface area (Å²) in [7, 11) is 0. The van der Waals surface area contributed by atoms with Crippen LogP contribution in [0, 0.1) is 0 Å². The molecule has 0 spiro atoms. The van der Waals surface area contributed by atoms with Crippen molar-refractivity contribution in [3.8, 4) is 0 Å². The van der Waals surface area contributed by atoms with Gasteiger partial charge in [0.25, 0.3) is 0 Å². The molecule has 0 aromatic carbocycles. The summed E-state index contributed by atoms with van der Waals surface area (Å²) < 4.78 is 0. The molecule has 0 saturated heterocycles. The molecule has 1 heteroatoms. The monoisotopic (exact) mass is 166 g/mol. The van der Waals surface area contributed by atoms with E-state index < -0.39 is 0 Å². The molecule has 0 bridgehead atoms. The van der Waals surface area contributed by atoms with Crippen molar-refractivity contribution in [2.45, 2.75) is 19.8 Å². The van der Waals surface area contributed by atoms with Gasteiger partial charge >= 0.3 is 0 Å². The Morgan fingerprint density at radius 1 is 1.55 bits per heavy atom. The highest BCUT2D eigenvalue weighted by atomic mass is 35.5. The SMILES string of the molecule is CCCC1=C=CC(Cl)=CC=C1. The lowest BCUT2D eigenvalue weighted by Crippen LogP contribution is -1.72. The Bertz CT molecular complexity index is 250. The van der Waals surface area contributed by atoms with Gasteiger partial charge in [-0.1, -0.05) is 37.1 Å².